The first kappa shape index (κ1) is 15.8. The fourth-order valence-corrected chi connectivity index (χ4v) is 1.90. The van der Waals surface area contributed by atoms with E-state index in [9.17, 15) is 8.78 Å². The van der Waals surface area contributed by atoms with E-state index in [1.807, 2.05) is 0 Å². The van der Waals surface area contributed by atoms with Crippen LogP contribution in [0.4, 0.5) is 8.78 Å². The van der Waals surface area contributed by atoms with Gasteiger partial charge in [-0.25, -0.2) is 8.78 Å². The van der Waals surface area contributed by atoms with Gasteiger partial charge in [0.05, 0.1) is 6.54 Å². The molecular weight excluding hydrogens is 210 g/mol. The van der Waals surface area contributed by atoms with E-state index in [-0.39, 0.29) is 12.0 Å². The van der Waals surface area contributed by atoms with Crippen molar-refractivity contribution in [2.75, 3.05) is 19.6 Å². The summed E-state index contributed by atoms with van der Waals surface area (Å²) in [7, 11) is 0. The van der Waals surface area contributed by atoms with Crippen LogP contribution in [-0.2, 0) is 0 Å². The van der Waals surface area contributed by atoms with E-state index in [2.05, 4.69) is 26.1 Å². The summed E-state index contributed by atoms with van der Waals surface area (Å²) in [5.41, 5.74) is 5.83. The summed E-state index contributed by atoms with van der Waals surface area (Å²) in [4.78, 5) is 0. The number of alkyl halides is 2. The van der Waals surface area contributed by atoms with Gasteiger partial charge in [-0.15, -0.1) is 0 Å². The monoisotopic (exact) mass is 236 g/mol. The molecular formula is C12H26F2N2. The lowest BCUT2D eigenvalue weighted by Gasteiger charge is -2.30. The molecule has 0 aromatic carbocycles. The Balaban J connectivity index is 3.69. The van der Waals surface area contributed by atoms with E-state index in [0.717, 1.165) is 19.3 Å². The Hall–Kier alpha value is -0.220. The van der Waals surface area contributed by atoms with Crippen LogP contribution in [0.5, 0.6) is 0 Å². The van der Waals surface area contributed by atoms with Crippen LogP contribution < -0.4 is 11.1 Å². The van der Waals surface area contributed by atoms with E-state index >= 15 is 0 Å². The van der Waals surface area contributed by atoms with Gasteiger partial charge in [0.25, 0.3) is 6.43 Å². The number of nitrogens with two attached hydrogens (primary N) is 1. The summed E-state index contributed by atoms with van der Waals surface area (Å²) in [6.45, 7) is 7.80. The van der Waals surface area contributed by atoms with Crippen molar-refractivity contribution in [3.8, 4) is 0 Å². The van der Waals surface area contributed by atoms with Gasteiger partial charge in [-0.1, -0.05) is 20.8 Å². The average molecular weight is 236 g/mol. The zero-order valence-corrected chi connectivity index (χ0v) is 10.7. The second kappa shape index (κ2) is 7.96. The molecule has 0 amide bonds. The summed E-state index contributed by atoms with van der Waals surface area (Å²) in [5.74, 6) is 0.575. The summed E-state index contributed by atoms with van der Waals surface area (Å²) in [6, 6.07) is 0. The van der Waals surface area contributed by atoms with Crippen molar-refractivity contribution in [2.45, 2.75) is 46.5 Å². The third-order valence-electron chi connectivity index (χ3n) is 2.94. The van der Waals surface area contributed by atoms with Crippen molar-refractivity contribution >= 4 is 0 Å². The zero-order valence-electron chi connectivity index (χ0n) is 10.7. The number of rotatable bonds is 8. The molecule has 0 saturated carbocycles. The lowest BCUT2D eigenvalue weighted by Crippen LogP contribution is -2.26. The van der Waals surface area contributed by atoms with Crippen LogP contribution in [0, 0.1) is 11.3 Å². The predicted octanol–water partition coefficient (Wildman–Crippen LogP) is 2.63. The number of halogens is 2. The highest BCUT2D eigenvalue weighted by atomic mass is 19.3. The molecule has 0 fully saturated rings. The topological polar surface area (TPSA) is 38.0 Å². The van der Waals surface area contributed by atoms with Crippen molar-refractivity contribution in [1.29, 1.82) is 0 Å². The van der Waals surface area contributed by atoms with Crippen molar-refractivity contribution in [3.63, 3.8) is 0 Å². The maximum atomic E-state index is 11.9. The molecule has 0 aromatic heterocycles. The lowest BCUT2D eigenvalue weighted by atomic mass is 9.76. The highest BCUT2D eigenvalue weighted by Gasteiger charge is 2.22. The van der Waals surface area contributed by atoms with Gasteiger partial charge in [0, 0.05) is 0 Å². The van der Waals surface area contributed by atoms with E-state index in [4.69, 9.17) is 5.73 Å². The molecule has 0 heterocycles. The maximum Gasteiger partial charge on any atom is 0.250 e. The smallest absolute Gasteiger partial charge is 0.250 e. The third kappa shape index (κ3) is 7.99. The fraction of sp³-hybridized carbons (Fsp3) is 1.00. The SMILES string of the molecule is CC(C)(C)C(CCN)CCCNCC(F)F. The Morgan fingerprint density at radius 1 is 1.19 bits per heavy atom. The Morgan fingerprint density at radius 2 is 1.81 bits per heavy atom. The minimum absolute atomic E-state index is 0.197. The first-order valence-corrected chi connectivity index (χ1v) is 6.07. The van der Waals surface area contributed by atoms with Crippen molar-refractivity contribution in [1.82, 2.24) is 5.32 Å². The Labute approximate surface area is 98.0 Å². The first-order valence-electron chi connectivity index (χ1n) is 6.07. The molecule has 0 spiro atoms. The molecule has 0 radical (unpaired) electrons. The van der Waals surface area contributed by atoms with Crippen LogP contribution in [0.2, 0.25) is 0 Å². The van der Waals surface area contributed by atoms with Crippen molar-refractivity contribution in [2.24, 2.45) is 17.1 Å². The molecule has 0 aliphatic rings. The number of hydrogen-bond donors (Lipinski definition) is 2. The van der Waals surface area contributed by atoms with E-state index < -0.39 is 6.43 Å². The quantitative estimate of drug-likeness (QED) is 0.636. The van der Waals surface area contributed by atoms with Gasteiger partial charge in [0.2, 0.25) is 0 Å². The minimum Gasteiger partial charge on any atom is -0.330 e. The molecule has 2 nitrogen and oxygen atoms in total. The zero-order chi connectivity index (χ0) is 12.6. The third-order valence-corrected chi connectivity index (χ3v) is 2.94. The number of hydrogen-bond acceptors (Lipinski definition) is 2. The normalized spacial score (nSPS) is 14.4. The largest absolute Gasteiger partial charge is 0.330 e. The van der Waals surface area contributed by atoms with Gasteiger partial charge in [0.1, 0.15) is 0 Å². The van der Waals surface area contributed by atoms with Crippen molar-refractivity contribution in [3.05, 3.63) is 0 Å². The molecule has 0 rings (SSSR count). The van der Waals surface area contributed by atoms with Crippen LogP contribution in [0.25, 0.3) is 0 Å². The average Bonchev–Trinajstić information content (AvgIpc) is 2.13. The van der Waals surface area contributed by atoms with Crippen LogP contribution in [0.1, 0.15) is 40.0 Å². The molecule has 0 aromatic rings. The maximum absolute atomic E-state index is 11.9. The summed E-state index contributed by atoms with van der Waals surface area (Å²) in [6.07, 6.45) is 0.756. The highest BCUT2D eigenvalue weighted by molar-refractivity contribution is 4.74. The van der Waals surface area contributed by atoms with Crippen LogP contribution in [0.3, 0.4) is 0 Å². The van der Waals surface area contributed by atoms with Crippen LogP contribution in [0.15, 0.2) is 0 Å². The molecule has 4 heteroatoms. The first-order chi connectivity index (χ1) is 7.38. The van der Waals surface area contributed by atoms with E-state index in [1.54, 1.807) is 0 Å². The standard InChI is InChI=1S/C12H26F2N2/c1-12(2,3)10(6-7-15)5-4-8-16-9-11(13)14/h10-11,16H,4-9,15H2,1-3H3. The Kier molecular flexibility index (Phi) is 7.85. The molecule has 16 heavy (non-hydrogen) atoms. The second-order valence-electron chi connectivity index (χ2n) is 5.38. The summed E-state index contributed by atoms with van der Waals surface area (Å²) < 4.78 is 23.7. The molecule has 0 aliphatic heterocycles. The molecule has 0 bridgehead atoms. The van der Waals surface area contributed by atoms with Crippen LogP contribution >= 0.6 is 0 Å². The summed E-state index contributed by atoms with van der Waals surface area (Å²) in [5, 5.41) is 2.75. The van der Waals surface area contributed by atoms with Gasteiger partial charge >= 0.3 is 0 Å². The molecule has 3 N–H and O–H groups in total. The molecule has 1 atom stereocenters. The van der Waals surface area contributed by atoms with E-state index in [0.29, 0.717) is 19.0 Å². The second-order valence-corrected chi connectivity index (χ2v) is 5.38. The van der Waals surface area contributed by atoms with E-state index in [1.165, 1.54) is 0 Å². The van der Waals surface area contributed by atoms with Gasteiger partial charge in [-0.2, -0.15) is 0 Å². The van der Waals surface area contributed by atoms with Gasteiger partial charge in [-0.05, 0) is 43.7 Å². The molecule has 1 unspecified atom stereocenters. The van der Waals surface area contributed by atoms with Crippen molar-refractivity contribution < 1.29 is 8.78 Å². The molecule has 98 valence electrons. The Morgan fingerprint density at radius 3 is 2.25 bits per heavy atom. The highest BCUT2D eigenvalue weighted by Crippen LogP contribution is 2.31. The number of nitrogens with one attached hydrogen (secondary N) is 1. The lowest BCUT2D eigenvalue weighted by molar-refractivity contribution is 0.145. The predicted molar refractivity (Wildman–Crippen MR) is 64.7 cm³/mol. The van der Waals surface area contributed by atoms with Gasteiger partial charge in [0.15, 0.2) is 0 Å². The minimum atomic E-state index is -2.25. The summed E-state index contributed by atoms with van der Waals surface area (Å²) >= 11 is 0. The van der Waals surface area contributed by atoms with Gasteiger partial charge in [-0.3, -0.25) is 0 Å². The van der Waals surface area contributed by atoms with Gasteiger partial charge < -0.3 is 11.1 Å². The molecule has 0 saturated heterocycles. The Bertz CT molecular complexity index is 167. The molecule has 0 aliphatic carbocycles. The van der Waals surface area contributed by atoms with Crippen LogP contribution in [-0.4, -0.2) is 26.1 Å². The fourth-order valence-electron chi connectivity index (χ4n) is 1.90.